The minimum Gasteiger partial charge on any atom is -0.437 e. The van der Waals surface area contributed by atoms with Gasteiger partial charge in [0.25, 0.3) is 0 Å². The molecular weight excluding hydrogens is 333 g/mol. The van der Waals surface area contributed by atoms with E-state index in [-0.39, 0.29) is 10.7 Å². The number of hydrazine groups is 1. The summed E-state index contributed by atoms with van der Waals surface area (Å²) in [6.45, 7) is 0. The van der Waals surface area contributed by atoms with Crippen LogP contribution in [0.25, 0.3) is 0 Å². The molecule has 120 valence electrons. The molecule has 4 nitrogen and oxygen atoms in total. The number of nitrogens with one attached hydrogen (secondary N) is 2. The lowest BCUT2D eigenvalue weighted by Gasteiger charge is -2.16. The summed E-state index contributed by atoms with van der Waals surface area (Å²) in [6.07, 6.45) is -5.22. The smallest absolute Gasteiger partial charge is 0.416 e. The number of hydrogen-bond donors (Lipinski definition) is 2. The summed E-state index contributed by atoms with van der Waals surface area (Å²) in [7, 11) is 0. The molecule has 0 saturated carbocycles. The molecule has 2 N–H and O–H groups in total. The molecule has 0 saturated heterocycles. The average molecular weight is 343 g/mol. The maximum absolute atomic E-state index is 12.6. The van der Waals surface area contributed by atoms with E-state index in [0.29, 0.717) is 11.1 Å². The third kappa shape index (κ3) is 3.11. The summed E-state index contributed by atoms with van der Waals surface area (Å²) in [5.74, 6) is -0.474. The van der Waals surface area contributed by atoms with Crippen molar-refractivity contribution in [1.82, 2.24) is 5.43 Å². The lowest BCUT2D eigenvalue weighted by atomic mass is 10.1. The molecule has 0 radical (unpaired) electrons. The van der Waals surface area contributed by atoms with Crippen LogP contribution in [0.2, 0.25) is 5.02 Å². The first kappa shape index (κ1) is 15.6. The Morgan fingerprint density at radius 1 is 1.13 bits per heavy atom. The highest BCUT2D eigenvalue weighted by molar-refractivity contribution is 6.33. The molecule has 1 atom stereocenters. The zero-order chi connectivity index (χ0) is 16.6. The molecule has 0 fully saturated rings. The van der Waals surface area contributed by atoms with Crippen LogP contribution in [-0.4, -0.2) is 5.97 Å². The molecule has 0 amide bonds. The van der Waals surface area contributed by atoms with Crippen molar-refractivity contribution in [2.75, 3.05) is 5.43 Å². The van der Waals surface area contributed by atoms with Crippen molar-refractivity contribution < 1.29 is 22.7 Å². The Morgan fingerprint density at radius 2 is 1.87 bits per heavy atom. The first-order valence-corrected chi connectivity index (χ1v) is 6.92. The molecule has 0 spiro atoms. The Balaban J connectivity index is 1.74. The fourth-order valence-electron chi connectivity index (χ4n) is 2.19. The zero-order valence-corrected chi connectivity index (χ0v) is 12.2. The lowest BCUT2D eigenvalue weighted by Crippen LogP contribution is -2.27. The predicted octanol–water partition coefficient (Wildman–Crippen LogP) is 4.14. The van der Waals surface area contributed by atoms with Gasteiger partial charge in [0.1, 0.15) is 0 Å². The fourth-order valence-corrected chi connectivity index (χ4v) is 2.42. The number of anilines is 1. The van der Waals surface area contributed by atoms with Crippen LogP contribution in [0, 0.1) is 0 Å². The third-order valence-electron chi connectivity index (χ3n) is 3.32. The molecule has 1 heterocycles. The standard InChI is InChI=1S/C15H10ClF3N2O2/c16-11-7-8(15(17,18)19)5-6-12(11)20-21-13-9-3-1-2-4-10(9)14(22)23-13/h1-7,13,20-21H/t13-/m1/s1. The van der Waals surface area contributed by atoms with Crippen LogP contribution in [-0.2, 0) is 10.9 Å². The maximum atomic E-state index is 12.6. The number of ether oxygens (including phenoxy) is 1. The van der Waals surface area contributed by atoms with Gasteiger partial charge < -0.3 is 10.2 Å². The summed E-state index contributed by atoms with van der Waals surface area (Å²) >= 11 is 5.84. The van der Waals surface area contributed by atoms with Crippen molar-refractivity contribution in [3.05, 3.63) is 64.2 Å². The summed E-state index contributed by atoms with van der Waals surface area (Å²) in [5, 5.41) is -0.107. The van der Waals surface area contributed by atoms with Crippen molar-refractivity contribution in [3.63, 3.8) is 0 Å². The Morgan fingerprint density at radius 3 is 2.57 bits per heavy atom. The molecule has 3 rings (SSSR count). The Bertz CT molecular complexity index is 765. The van der Waals surface area contributed by atoms with E-state index in [2.05, 4.69) is 10.9 Å². The number of cyclic esters (lactones) is 1. The van der Waals surface area contributed by atoms with Crippen molar-refractivity contribution in [3.8, 4) is 0 Å². The van der Waals surface area contributed by atoms with Crippen LogP contribution >= 0.6 is 11.6 Å². The van der Waals surface area contributed by atoms with Crippen molar-refractivity contribution in [2.24, 2.45) is 0 Å². The highest BCUT2D eigenvalue weighted by Crippen LogP contribution is 2.34. The first-order valence-electron chi connectivity index (χ1n) is 6.54. The summed E-state index contributed by atoms with van der Waals surface area (Å²) in [4.78, 5) is 11.7. The number of halogens is 4. The molecule has 0 aromatic heterocycles. The third-order valence-corrected chi connectivity index (χ3v) is 3.64. The number of benzene rings is 2. The average Bonchev–Trinajstić information content (AvgIpc) is 2.82. The summed E-state index contributed by atoms with van der Waals surface area (Å²) < 4.78 is 42.9. The van der Waals surface area contributed by atoms with Crippen LogP contribution in [0.4, 0.5) is 18.9 Å². The molecule has 0 aliphatic carbocycles. The van der Waals surface area contributed by atoms with Gasteiger partial charge in [-0.2, -0.15) is 18.6 Å². The normalized spacial score (nSPS) is 16.9. The van der Waals surface area contributed by atoms with Crippen LogP contribution in [0.3, 0.4) is 0 Å². The molecule has 0 unspecified atom stereocenters. The van der Waals surface area contributed by atoms with Gasteiger partial charge in [-0.1, -0.05) is 29.8 Å². The second kappa shape index (κ2) is 5.75. The van der Waals surface area contributed by atoms with Crippen LogP contribution in [0.5, 0.6) is 0 Å². The zero-order valence-electron chi connectivity index (χ0n) is 11.4. The molecule has 8 heteroatoms. The van der Waals surface area contributed by atoms with E-state index < -0.39 is 23.9 Å². The van der Waals surface area contributed by atoms with Crippen molar-refractivity contribution in [1.29, 1.82) is 0 Å². The van der Waals surface area contributed by atoms with Gasteiger partial charge in [-0.3, -0.25) is 0 Å². The molecule has 23 heavy (non-hydrogen) atoms. The Hall–Kier alpha value is -2.25. The minimum absolute atomic E-state index is 0.107. The number of alkyl halides is 3. The highest BCUT2D eigenvalue weighted by Gasteiger charge is 2.32. The molecule has 1 aliphatic heterocycles. The van der Waals surface area contributed by atoms with Crippen LogP contribution in [0.1, 0.15) is 27.7 Å². The minimum atomic E-state index is -4.46. The number of carbonyl (C=O) groups excluding carboxylic acids is 1. The first-order chi connectivity index (χ1) is 10.9. The van der Waals surface area contributed by atoms with E-state index in [1.165, 1.54) is 6.07 Å². The van der Waals surface area contributed by atoms with Gasteiger partial charge >= 0.3 is 12.1 Å². The molecule has 2 aromatic carbocycles. The Kier molecular flexibility index (Phi) is 3.91. The number of rotatable bonds is 3. The van der Waals surface area contributed by atoms with Gasteiger partial charge in [0.2, 0.25) is 0 Å². The summed E-state index contributed by atoms with van der Waals surface area (Å²) in [6, 6.07) is 9.73. The number of esters is 1. The fraction of sp³-hybridized carbons (Fsp3) is 0.133. The van der Waals surface area contributed by atoms with Gasteiger partial charge in [-0.25, -0.2) is 4.79 Å². The van der Waals surface area contributed by atoms with E-state index in [1.807, 2.05) is 0 Å². The lowest BCUT2D eigenvalue weighted by molar-refractivity contribution is -0.137. The van der Waals surface area contributed by atoms with Crippen molar-refractivity contribution in [2.45, 2.75) is 12.4 Å². The molecule has 1 aliphatic rings. The number of fused-ring (bicyclic) bond motifs is 1. The van der Waals surface area contributed by atoms with Gasteiger partial charge in [0, 0.05) is 5.56 Å². The van der Waals surface area contributed by atoms with Crippen LogP contribution < -0.4 is 10.9 Å². The molecule has 2 aromatic rings. The van der Waals surface area contributed by atoms with Crippen LogP contribution in [0.15, 0.2) is 42.5 Å². The van der Waals surface area contributed by atoms with E-state index in [9.17, 15) is 18.0 Å². The van der Waals surface area contributed by atoms with Gasteiger partial charge in [-0.05, 0) is 24.3 Å². The van der Waals surface area contributed by atoms with E-state index in [1.54, 1.807) is 24.3 Å². The largest absolute Gasteiger partial charge is 0.437 e. The summed E-state index contributed by atoms with van der Waals surface area (Å²) in [5.41, 5.74) is 5.86. The van der Waals surface area contributed by atoms with Gasteiger partial charge in [0.15, 0.2) is 6.23 Å². The monoisotopic (exact) mass is 342 g/mol. The van der Waals surface area contributed by atoms with E-state index >= 15 is 0 Å². The predicted molar refractivity (Wildman–Crippen MR) is 77.8 cm³/mol. The van der Waals surface area contributed by atoms with E-state index in [4.69, 9.17) is 16.3 Å². The highest BCUT2D eigenvalue weighted by atomic mass is 35.5. The quantitative estimate of drug-likeness (QED) is 0.650. The van der Waals surface area contributed by atoms with Gasteiger partial charge in [0.05, 0.1) is 21.8 Å². The maximum Gasteiger partial charge on any atom is 0.416 e. The topological polar surface area (TPSA) is 50.4 Å². The Labute approximate surface area is 134 Å². The van der Waals surface area contributed by atoms with Gasteiger partial charge in [-0.15, -0.1) is 0 Å². The second-order valence-electron chi connectivity index (χ2n) is 4.83. The number of hydrogen-bond acceptors (Lipinski definition) is 4. The molecular formula is C15H10ClF3N2O2. The van der Waals surface area contributed by atoms with E-state index in [0.717, 1.165) is 12.1 Å². The molecule has 0 bridgehead atoms. The second-order valence-corrected chi connectivity index (χ2v) is 5.24. The SMILES string of the molecule is O=C1O[C@@H](NNc2ccc(C(F)(F)F)cc2Cl)c2ccccc21. The number of carbonyl (C=O) groups is 1. The van der Waals surface area contributed by atoms with Crippen molar-refractivity contribution >= 4 is 23.3 Å².